The van der Waals surface area contributed by atoms with Gasteiger partial charge in [0.2, 0.25) is 0 Å². The molecule has 0 aromatic carbocycles. The maximum Gasteiger partial charge on any atom is 0.362 e. The standard InChI is InChI=1S/C13H17NO6/c15-9(6-14-1-3-17-4-2-14)19-11-8-5-7-10(18-8)12(11)20-13(7)16/h7-8,10-12H,1-6H2/p+1. The van der Waals surface area contributed by atoms with E-state index in [1.165, 1.54) is 4.90 Å². The number of fused-ring (bicyclic) bond motifs is 1. The number of carbonyl (C=O) groups is 2. The highest BCUT2D eigenvalue weighted by Crippen LogP contribution is 2.47. The molecule has 1 N–H and O–H groups in total. The van der Waals surface area contributed by atoms with Gasteiger partial charge in [0.15, 0.2) is 18.8 Å². The van der Waals surface area contributed by atoms with Gasteiger partial charge in [-0.2, -0.15) is 0 Å². The molecule has 110 valence electrons. The highest BCUT2D eigenvalue weighted by Gasteiger charge is 2.65. The van der Waals surface area contributed by atoms with Crippen molar-refractivity contribution >= 4 is 11.9 Å². The zero-order valence-corrected chi connectivity index (χ0v) is 11.1. The summed E-state index contributed by atoms with van der Waals surface area (Å²) in [7, 11) is 0. The largest absolute Gasteiger partial charge is 0.455 e. The smallest absolute Gasteiger partial charge is 0.362 e. The number of esters is 2. The lowest BCUT2D eigenvalue weighted by atomic mass is 9.88. The van der Waals surface area contributed by atoms with Gasteiger partial charge in [0.1, 0.15) is 19.2 Å². The van der Waals surface area contributed by atoms with Crippen LogP contribution < -0.4 is 4.90 Å². The summed E-state index contributed by atoms with van der Waals surface area (Å²) in [6.45, 7) is 3.34. The van der Waals surface area contributed by atoms with Crippen LogP contribution in [0, 0.1) is 5.92 Å². The quantitative estimate of drug-likeness (QED) is 0.579. The summed E-state index contributed by atoms with van der Waals surface area (Å²) in [6.07, 6.45) is -0.584. The van der Waals surface area contributed by atoms with Crippen molar-refractivity contribution < 1.29 is 33.4 Å². The van der Waals surface area contributed by atoms with Gasteiger partial charge in [0.25, 0.3) is 0 Å². The summed E-state index contributed by atoms with van der Waals surface area (Å²) < 4.78 is 21.7. The first-order valence-electron chi connectivity index (χ1n) is 7.19. The molecule has 0 aromatic heterocycles. The fraction of sp³-hybridized carbons (Fsp3) is 0.846. The summed E-state index contributed by atoms with van der Waals surface area (Å²) >= 11 is 0. The Bertz CT molecular complexity index is 435. The van der Waals surface area contributed by atoms with E-state index in [9.17, 15) is 9.59 Å². The van der Waals surface area contributed by atoms with Crippen molar-refractivity contribution in [3.63, 3.8) is 0 Å². The Labute approximate surface area is 116 Å². The fourth-order valence-electron chi connectivity index (χ4n) is 3.62. The number of morpholine rings is 1. The molecule has 7 nitrogen and oxygen atoms in total. The van der Waals surface area contributed by atoms with E-state index in [1.807, 2.05) is 0 Å². The van der Waals surface area contributed by atoms with Crippen LogP contribution in [-0.2, 0) is 28.5 Å². The van der Waals surface area contributed by atoms with Crippen LogP contribution >= 0.6 is 0 Å². The van der Waals surface area contributed by atoms with Crippen LogP contribution in [0.15, 0.2) is 0 Å². The molecule has 4 aliphatic heterocycles. The number of hydrogen-bond donors (Lipinski definition) is 1. The van der Waals surface area contributed by atoms with Crippen LogP contribution in [-0.4, -0.2) is 69.2 Å². The molecule has 2 bridgehead atoms. The molecule has 4 aliphatic rings. The van der Waals surface area contributed by atoms with Gasteiger partial charge in [-0.3, -0.25) is 4.79 Å². The van der Waals surface area contributed by atoms with Gasteiger partial charge in [0, 0.05) is 0 Å². The summed E-state index contributed by atoms with van der Waals surface area (Å²) in [5, 5.41) is 0. The molecule has 0 aromatic rings. The van der Waals surface area contributed by atoms with Crippen LogP contribution in [0.3, 0.4) is 0 Å². The van der Waals surface area contributed by atoms with Crippen LogP contribution in [0.5, 0.6) is 0 Å². The SMILES string of the molecule is O=C(C[NH+]1CCOCC1)OC1C2CC3C(=O)OC1C3O2. The van der Waals surface area contributed by atoms with Crippen molar-refractivity contribution in [3.05, 3.63) is 0 Å². The second kappa shape index (κ2) is 4.68. The number of hydrogen-bond acceptors (Lipinski definition) is 6. The average Bonchev–Trinajstić information content (AvgIpc) is 3.04. The molecule has 0 spiro atoms. The van der Waals surface area contributed by atoms with Crippen LogP contribution in [0.25, 0.3) is 0 Å². The van der Waals surface area contributed by atoms with Gasteiger partial charge in [0.05, 0.1) is 25.2 Å². The van der Waals surface area contributed by atoms with Crippen molar-refractivity contribution in [2.24, 2.45) is 5.92 Å². The lowest BCUT2D eigenvalue weighted by Gasteiger charge is -2.25. The van der Waals surface area contributed by atoms with E-state index < -0.39 is 12.2 Å². The number of nitrogens with one attached hydrogen (secondary N) is 1. The number of rotatable bonds is 3. The van der Waals surface area contributed by atoms with Crippen LogP contribution in [0.2, 0.25) is 0 Å². The monoisotopic (exact) mass is 284 g/mol. The van der Waals surface area contributed by atoms with Crippen molar-refractivity contribution in [3.8, 4) is 0 Å². The van der Waals surface area contributed by atoms with Crippen LogP contribution in [0.1, 0.15) is 6.42 Å². The second-order valence-electron chi connectivity index (χ2n) is 5.88. The first-order valence-corrected chi connectivity index (χ1v) is 7.19. The third-order valence-corrected chi connectivity index (χ3v) is 4.65. The number of carbonyl (C=O) groups excluding carboxylic acids is 2. The van der Waals surface area contributed by atoms with E-state index in [-0.39, 0.29) is 30.1 Å². The Morgan fingerprint density at radius 1 is 1.30 bits per heavy atom. The normalized spacial score (nSPS) is 42.8. The van der Waals surface area contributed by atoms with Crippen molar-refractivity contribution in [1.82, 2.24) is 0 Å². The topological polar surface area (TPSA) is 75.5 Å². The molecule has 4 saturated heterocycles. The first-order chi connectivity index (χ1) is 9.72. The summed E-state index contributed by atoms with van der Waals surface area (Å²) in [6, 6.07) is 0. The molecule has 4 fully saturated rings. The predicted octanol–water partition coefficient (Wildman–Crippen LogP) is -2.47. The van der Waals surface area contributed by atoms with E-state index in [2.05, 4.69) is 0 Å². The lowest BCUT2D eigenvalue weighted by Crippen LogP contribution is -3.15. The molecule has 4 heterocycles. The maximum atomic E-state index is 12.0. The molecule has 7 heteroatoms. The third kappa shape index (κ3) is 1.92. The van der Waals surface area contributed by atoms with Gasteiger partial charge in [-0.1, -0.05) is 0 Å². The summed E-state index contributed by atoms with van der Waals surface area (Å²) in [5.41, 5.74) is 0. The van der Waals surface area contributed by atoms with Crippen molar-refractivity contribution in [1.29, 1.82) is 0 Å². The van der Waals surface area contributed by atoms with Gasteiger partial charge in [-0.25, -0.2) is 4.79 Å². The van der Waals surface area contributed by atoms with E-state index in [1.54, 1.807) is 0 Å². The summed E-state index contributed by atoms with van der Waals surface area (Å²) in [4.78, 5) is 24.8. The molecule has 5 unspecified atom stereocenters. The maximum absolute atomic E-state index is 12.0. The molecule has 0 aliphatic carbocycles. The van der Waals surface area contributed by atoms with E-state index >= 15 is 0 Å². The van der Waals surface area contributed by atoms with E-state index in [0.29, 0.717) is 26.2 Å². The zero-order valence-electron chi connectivity index (χ0n) is 11.1. The second-order valence-corrected chi connectivity index (χ2v) is 5.88. The minimum atomic E-state index is -0.421. The Balaban J connectivity index is 1.35. The van der Waals surface area contributed by atoms with Gasteiger partial charge in [-0.05, 0) is 6.42 Å². The van der Waals surface area contributed by atoms with E-state index in [4.69, 9.17) is 18.9 Å². The fourth-order valence-corrected chi connectivity index (χ4v) is 3.62. The zero-order chi connectivity index (χ0) is 13.7. The highest BCUT2D eigenvalue weighted by molar-refractivity contribution is 5.77. The van der Waals surface area contributed by atoms with Crippen molar-refractivity contribution in [2.75, 3.05) is 32.8 Å². The van der Waals surface area contributed by atoms with Gasteiger partial charge < -0.3 is 23.8 Å². The molecule has 4 rings (SSSR count). The molecule has 0 amide bonds. The van der Waals surface area contributed by atoms with Crippen LogP contribution in [0.4, 0.5) is 0 Å². The van der Waals surface area contributed by atoms with Crippen molar-refractivity contribution in [2.45, 2.75) is 30.8 Å². The van der Waals surface area contributed by atoms with E-state index in [0.717, 1.165) is 13.1 Å². The Morgan fingerprint density at radius 2 is 2.10 bits per heavy atom. The molecule has 5 atom stereocenters. The van der Waals surface area contributed by atoms with Gasteiger partial charge >= 0.3 is 11.9 Å². The average molecular weight is 284 g/mol. The molecule has 0 radical (unpaired) electrons. The lowest BCUT2D eigenvalue weighted by molar-refractivity contribution is -0.900. The summed E-state index contributed by atoms with van der Waals surface area (Å²) in [5.74, 6) is -0.604. The third-order valence-electron chi connectivity index (χ3n) is 4.65. The van der Waals surface area contributed by atoms with Gasteiger partial charge in [-0.15, -0.1) is 0 Å². The molecule has 20 heavy (non-hydrogen) atoms. The molecule has 0 saturated carbocycles. The number of ether oxygens (including phenoxy) is 4. The molecular weight excluding hydrogens is 266 g/mol. The minimum absolute atomic E-state index is 0.148. The first kappa shape index (κ1) is 12.6. The number of quaternary nitrogens is 1. The predicted molar refractivity (Wildman–Crippen MR) is 62.9 cm³/mol. The Hall–Kier alpha value is -1.18. The Morgan fingerprint density at radius 3 is 2.90 bits per heavy atom. The molecular formula is C13H18NO6+. The minimum Gasteiger partial charge on any atom is -0.455 e. The highest BCUT2D eigenvalue weighted by atomic mass is 16.7. The Kier molecular flexibility index (Phi) is 2.94.